The lowest BCUT2D eigenvalue weighted by Gasteiger charge is -2.24. The van der Waals surface area contributed by atoms with Crippen LogP contribution in [0.4, 0.5) is 5.69 Å². The van der Waals surface area contributed by atoms with E-state index in [9.17, 15) is 18.3 Å². The quantitative estimate of drug-likeness (QED) is 0.357. The molecule has 34 heavy (non-hydrogen) atoms. The fourth-order valence-corrected chi connectivity index (χ4v) is 4.47. The highest BCUT2D eigenvalue weighted by atomic mass is 32.2. The smallest absolute Gasteiger partial charge is 0.264 e. The maximum absolute atomic E-state index is 13.4. The van der Waals surface area contributed by atoms with Gasteiger partial charge in [0.1, 0.15) is 12.3 Å². The van der Waals surface area contributed by atoms with Gasteiger partial charge < -0.3 is 14.6 Å². The number of ether oxygens (including phenoxy) is 2. The molecule has 178 valence electrons. The van der Waals surface area contributed by atoms with Crippen LogP contribution in [0, 0.1) is 6.92 Å². The second-order valence-corrected chi connectivity index (χ2v) is 9.08. The van der Waals surface area contributed by atoms with Crippen LogP contribution in [0.5, 0.6) is 17.2 Å². The summed E-state index contributed by atoms with van der Waals surface area (Å²) in [6.07, 6.45) is 1.24. The Morgan fingerprint density at radius 1 is 1.03 bits per heavy atom. The molecule has 9 nitrogen and oxygen atoms in total. The molecule has 0 bridgehead atoms. The summed E-state index contributed by atoms with van der Waals surface area (Å²) in [7, 11) is -1.14. The molecule has 0 aliphatic carbocycles. The number of phenols is 1. The zero-order valence-electron chi connectivity index (χ0n) is 18.9. The van der Waals surface area contributed by atoms with Crippen LogP contribution in [0.15, 0.2) is 76.7 Å². The number of para-hydroxylation sites is 1. The number of hydrogen-bond acceptors (Lipinski definition) is 7. The monoisotopic (exact) mass is 483 g/mol. The summed E-state index contributed by atoms with van der Waals surface area (Å²) in [5.74, 6) is -0.0105. The van der Waals surface area contributed by atoms with Crippen molar-refractivity contribution >= 4 is 27.8 Å². The van der Waals surface area contributed by atoms with E-state index in [4.69, 9.17) is 9.47 Å². The Bertz CT molecular complexity index is 1270. The third kappa shape index (κ3) is 5.65. The third-order valence-electron chi connectivity index (χ3n) is 4.90. The standard InChI is InChI=1S/C24H25N3O6S/c1-17-7-13-21(14-8-17)34(30,31)27(19-9-11-20(32-2)12-10-19)16-23(28)26-25-15-18-5-4-6-22(33-3)24(18)29/h4-15,29H,16H2,1-3H3,(H,26,28)/b25-15-. The largest absolute Gasteiger partial charge is 0.504 e. The molecule has 0 aromatic heterocycles. The van der Waals surface area contributed by atoms with Crippen molar-refractivity contribution in [2.75, 3.05) is 25.1 Å². The van der Waals surface area contributed by atoms with E-state index in [0.29, 0.717) is 11.3 Å². The molecule has 0 atom stereocenters. The van der Waals surface area contributed by atoms with Crippen LogP contribution < -0.4 is 19.2 Å². The number of rotatable bonds is 9. The number of methoxy groups -OCH3 is 2. The van der Waals surface area contributed by atoms with Gasteiger partial charge in [0.05, 0.1) is 31.0 Å². The average molecular weight is 484 g/mol. The molecule has 1 amide bonds. The van der Waals surface area contributed by atoms with Crippen molar-refractivity contribution in [2.45, 2.75) is 11.8 Å². The maximum atomic E-state index is 13.4. The predicted molar refractivity (Wildman–Crippen MR) is 129 cm³/mol. The second-order valence-electron chi connectivity index (χ2n) is 7.21. The minimum Gasteiger partial charge on any atom is -0.504 e. The van der Waals surface area contributed by atoms with Crippen LogP contribution in [-0.4, -0.2) is 46.4 Å². The summed E-state index contributed by atoms with van der Waals surface area (Å²) in [5.41, 5.74) is 3.81. The summed E-state index contributed by atoms with van der Waals surface area (Å²) in [6, 6.07) is 17.5. The molecule has 0 unspecified atom stereocenters. The minimum atomic E-state index is -4.06. The molecule has 2 N–H and O–H groups in total. The van der Waals surface area contributed by atoms with Crippen LogP contribution in [-0.2, 0) is 14.8 Å². The normalized spacial score (nSPS) is 11.3. The topological polar surface area (TPSA) is 118 Å². The van der Waals surface area contributed by atoms with Crippen molar-refractivity contribution in [1.82, 2.24) is 5.43 Å². The van der Waals surface area contributed by atoms with Crippen LogP contribution in [0.1, 0.15) is 11.1 Å². The lowest BCUT2D eigenvalue weighted by atomic mass is 10.2. The van der Waals surface area contributed by atoms with Gasteiger partial charge in [-0.1, -0.05) is 23.8 Å². The van der Waals surface area contributed by atoms with Gasteiger partial charge in [0, 0.05) is 5.56 Å². The number of amides is 1. The summed E-state index contributed by atoms with van der Waals surface area (Å²) in [5, 5.41) is 14.0. The number of sulfonamides is 1. The maximum Gasteiger partial charge on any atom is 0.264 e. The first-order valence-corrected chi connectivity index (χ1v) is 11.6. The molecule has 0 fully saturated rings. The number of anilines is 1. The molecule has 3 rings (SSSR count). The van der Waals surface area contributed by atoms with Gasteiger partial charge in [0.15, 0.2) is 11.5 Å². The fourth-order valence-electron chi connectivity index (χ4n) is 3.05. The molecule has 0 saturated heterocycles. The first-order valence-electron chi connectivity index (χ1n) is 10.2. The number of aromatic hydroxyl groups is 1. The molecular weight excluding hydrogens is 458 g/mol. The molecule has 3 aromatic rings. The van der Waals surface area contributed by atoms with Gasteiger partial charge in [-0.15, -0.1) is 0 Å². The first kappa shape index (κ1) is 24.6. The molecule has 0 aliphatic rings. The Balaban J connectivity index is 1.85. The summed E-state index contributed by atoms with van der Waals surface area (Å²) in [6.45, 7) is 1.33. The van der Waals surface area contributed by atoms with Gasteiger partial charge in [-0.2, -0.15) is 5.10 Å². The van der Waals surface area contributed by atoms with Crippen molar-refractivity contribution in [3.63, 3.8) is 0 Å². The van der Waals surface area contributed by atoms with Crippen molar-refractivity contribution in [1.29, 1.82) is 0 Å². The molecular formula is C24H25N3O6S. The van der Waals surface area contributed by atoms with E-state index in [0.717, 1.165) is 9.87 Å². The van der Waals surface area contributed by atoms with E-state index in [1.165, 1.54) is 32.6 Å². The number of phenolic OH excluding ortho intramolecular Hbond substituents is 1. The Morgan fingerprint density at radius 2 is 1.71 bits per heavy atom. The number of hydrazone groups is 1. The van der Waals surface area contributed by atoms with Crippen LogP contribution in [0.25, 0.3) is 0 Å². The Hall–Kier alpha value is -4.05. The number of hydrogen-bond donors (Lipinski definition) is 2. The van der Waals surface area contributed by atoms with Crippen molar-refractivity contribution in [3.8, 4) is 17.2 Å². The lowest BCUT2D eigenvalue weighted by Crippen LogP contribution is -2.39. The average Bonchev–Trinajstić information content (AvgIpc) is 2.84. The predicted octanol–water partition coefficient (Wildman–Crippen LogP) is 3.06. The number of benzene rings is 3. The molecule has 0 saturated carbocycles. The summed E-state index contributed by atoms with van der Waals surface area (Å²) in [4.78, 5) is 12.7. The van der Waals surface area contributed by atoms with Crippen molar-refractivity contribution < 1.29 is 27.8 Å². The number of aryl methyl sites for hydroxylation is 1. The third-order valence-corrected chi connectivity index (χ3v) is 6.69. The van der Waals surface area contributed by atoms with Crippen LogP contribution in [0.3, 0.4) is 0 Å². The van der Waals surface area contributed by atoms with Gasteiger partial charge in [0.2, 0.25) is 0 Å². The van der Waals surface area contributed by atoms with Gasteiger partial charge in [-0.3, -0.25) is 9.10 Å². The molecule has 0 spiro atoms. The second kappa shape index (κ2) is 10.7. The molecule has 0 aliphatic heterocycles. The van der Waals surface area contributed by atoms with Gasteiger partial charge in [-0.05, 0) is 55.5 Å². The summed E-state index contributed by atoms with van der Waals surface area (Å²) < 4.78 is 37.9. The van der Waals surface area contributed by atoms with E-state index < -0.39 is 22.5 Å². The number of carbonyl (C=O) groups is 1. The minimum absolute atomic E-state index is 0.0477. The zero-order chi connectivity index (χ0) is 24.7. The highest BCUT2D eigenvalue weighted by molar-refractivity contribution is 7.92. The Kier molecular flexibility index (Phi) is 7.75. The van der Waals surface area contributed by atoms with Crippen molar-refractivity contribution in [3.05, 3.63) is 77.9 Å². The van der Waals surface area contributed by atoms with Crippen molar-refractivity contribution in [2.24, 2.45) is 5.10 Å². The van der Waals surface area contributed by atoms with E-state index >= 15 is 0 Å². The van der Waals surface area contributed by atoms with Gasteiger partial charge in [0.25, 0.3) is 15.9 Å². The highest BCUT2D eigenvalue weighted by Crippen LogP contribution is 2.28. The Morgan fingerprint density at radius 3 is 2.32 bits per heavy atom. The Labute approximate surface area is 198 Å². The highest BCUT2D eigenvalue weighted by Gasteiger charge is 2.27. The number of carbonyl (C=O) groups excluding carboxylic acids is 1. The van der Waals surface area contributed by atoms with E-state index in [-0.39, 0.29) is 22.1 Å². The van der Waals surface area contributed by atoms with E-state index in [1.807, 2.05) is 6.92 Å². The zero-order valence-corrected chi connectivity index (χ0v) is 19.7. The molecule has 0 radical (unpaired) electrons. The van der Waals surface area contributed by atoms with Gasteiger partial charge >= 0.3 is 0 Å². The lowest BCUT2D eigenvalue weighted by molar-refractivity contribution is -0.119. The van der Waals surface area contributed by atoms with E-state index in [2.05, 4.69) is 10.5 Å². The van der Waals surface area contributed by atoms with Crippen LogP contribution in [0.2, 0.25) is 0 Å². The van der Waals surface area contributed by atoms with E-state index in [1.54, 1.807) is 54.6 Å². The molecule has 3 aromatic carbocycles. The van der Waals surface area contributed by atoms with Crippen LogP contribution >= 0.6 is 0 Å². The summed E-state index contributed by atoms with van der Waals surface area (Å²) >= 11 is 0. The van der Waals surface area contributed by atoms with Gasteiger partial charge in [-0.25, -0.2) is 13.8 Å². The molecule has 0 heterocycles. The SMILES string of the molecule is COc1ccc(N(CC(=O)N/N=C\c2cccc(OC)c2O)S(=O)(=O)c2ccc(C)cc2)cc1. The number of nitrogens with zero attached hydrogens (tertiary/aromatic N) is 2. The molecule has 10 heteroatoms. The fraction of sp³-hybridized carbons (Fsp3) is 0.167. The first-order chi connectivity index (χ1) is 16.3. The number of nitrogens with one attached hydrogen (secondary N) is 1.